The Morgan fingerprint density at radius 2 is 1.96 bits per heavy atom. The van der Waals surface area contributed by atoms with Gasteiger partial charge in [0.15, 0.2) is 5.69 Å². The molecule has 2 aliphatic carbocycles. The van der Waals surface area contributed by atoms with Crippen molar-refractivity contribution in [2.45, 2.75) is 40.0 Å². The molecule has 4 rings (SSSR count). The number of aryl methyl sites for hydroxylation is 1. The smallest absolute Gasteiger partial charge is 0.267 e. The van der Waals surface area contributed by atoms with Crippen LogP contribution < -0.4 is 11.0 Å². The van der Waals surface area contributed by atoms with Crippen LogP contribution in [0.1, 0.15) is 50.5 Å². The highest BCUT2D eigenvalue weighted by Crippen LogP contribution is 2.63. The number of nitrogens with zero attached hydrogens (tertiary/aromatic N) is 3. The first-order valence-electron chi connectivity index (χ1n) is 9.09. The number of benzene rings is 1. The highest BCUT2D eigenvalue weighted by Gasteiger charge is 2.60. The summed E-state index contributed by atoms with van der Waals surface area (Å²) in [5.41, 5.74) is 4.01. The van der Waals surface area contributed by atoms with Gasteiger partial charge in [0.25, 0.3) is 11.5 Å². The van der Waals surface area contributed by atoms with Gasteiger partial charge < -0.3 is 0 Å². The van der Waals surface area contributed by atoms with Gasteiger partial charge in [0.2, 0.25) is 0 Å². The van der Waals surface area contributed by atoms with Crippen LogP contribution in [0.15, 0.2) is 34.2 Å². The maximum absolute atomic E-state index is 12.8. The number of hydrogen-bond donors (Lipinski definition) is 1. The van der Waals surface area contributed by atoms with Crippen LogP contribution in [0.2, 0.25) is 0 Å². The monoisotopic (exact) mass is 352 g/mol. The molecule has 1 aromatic heterocycles. The Bertz CT molecular complexity index is 1000. The molecule has 2 bridgehead atoms. The highest BCUT2D eigenvalue weighted by molar-refractivity contribution is 6.05. The Balaban J connectivity index is 1.68. The number of rotatable bonds is 2. The fourth-order valence-electron chi connectivity index (χ4n) is 4.74. The number of amides is 1. The predicted octanol–water partition coefficient (Wildman–Crippen LogP) is 2.87. The zero-order valence-corrected chi connectivity index (χ0v) is 15.7. The Kier molecular flexibility index (Phi) is 3.58. The van der Waals surface area contributed by atoms with E-state index in [2.05, 4.69) is 36.4 Å². The molecule has 6 heteroatoms. The molecule has 2 fully saturated rings. The topological polar surface area (TPSA) is 76.3 Å². The van der Waals surface area contributed by atoms with Gasteiger partial charge in [0.05, 0.1) is 5.39 Å². The Morgan fingerprint density at radius 3 is 2.58 bits per heavy atom. The molecule has 1 N–H and O–H groups in total. The van der Waals surface area contributed by atoms with Gasteiger partial charge in [-0.25, -0.2) is 10.1 Å². The fourth-order valence-corrected chi connectivity index (χ4v) is 4.74. The van der Waals surface area contributed by atoms with Gasteiger partial charge in [0, 0.05) is 23.6 Å². The maximum atomic E-state index is 12.8. The number of hydrazone groups is 1. The van der Waals surface area contributed by atoms with Gasteiger partial charge in [0.1, 0.15) is 0 Å². The van der Waals surface area contributed by atoms with Crippen LogP contribution in [-0.4, -0.2) is 21.4 Å². The fraction of sp³-hybridized carbons (Fsp3) is 0.500. The van der Waals surface area contributed by atoms with Gasteiger partial charge in [-0.1, -0.05) is 39.0 Å². The molecule has 26 heavy (non-hydrogen) atoms. The summed E-state index contributed by atoms with van der Waals surface area (Å²) in [6.07, 6.45) is 3.27. The quantitative estimate of drug-likeness (QED) is 0.845. The minimum Gasteiger partial charge on any atom is -0.267 e. The number of nitrogens with one attached hydrogen (secondary N) is 1. The van der Waals surface area contributed by atoms with E-state index in [9.17, 15) is 9.59 Å². The van der Waals surface area contributed by atoms with E-state index in [0.29, 0.717) is 16.7 Å². The summed E-state index contributed by atoms with van der Waals surface area (Å²) in [5.74, 6) is 0.244. The van der Waals surface area contributed by atoms with Crippen molar-refractivity contribution in [1.82, 2.24) is 15.2 Å². The molecular weight excluding hydrogens is 328 g/mol. The summed E-state index contributed by atoms with van der Waals surface area (Å²) in [7, 11) is 1.55. The molecule has 2 atom stereocenters. The first-order valence-corrected chi connectivity index (χ1v) is 9.09. The summed E-state index contributed by atoms with van der Waals surface area (Å²) in [6.45, 7) is 6.86. The third-order valence-electron chi connectivity index (χ3n) is 6.98. The van der Waals surface area contributed by atoms with Crippen molar-refractivity contribution in [3.63, 3.8) is 0 Å². The second-order valence-corrected chi connectivity index (χ2v) is 8.32. The molecule has 0 saturated heterocycles. The molecular formula is C20H24N4O2. The van der Waals surface area contributed by atoms with Crippen LogP contribution in [0.4, 0.5) is 0 Å². The summed E-state index contributed by atoms with van der Waals surface area (Å²) in [4.78, 5) is 25.0. The first kappa shape index (κ1) is 16.9. The van der Waals surface area contributed by atoms with E-state index in [-0.39, 0.29) is 28.0 Å². The Labute approximate surface area is 152 Å². The number of hydrogen-bond acceptors (Lipinski definition) is 4. The normalized spacial score (nSPS) is 28.0. The van der Waals surface area contributed by atoms with E-state index in [1.165, 1.54) is 11.1 Å². The average Bonchev–Trinajstić information content (AvgIpc) is 2.96. The number of aromatic nitrogens is 2. The predicted molar refractivity (Wildman–Crippen MR) is 101 cm³/mol. The molecule has 1 amide bonds. The van der Waals surface area contributed by atoms with Crippen LogP contribution in [-0.2, 0) is 7.05 Å². The second kappa shape index (κ2) is 5.50. The second-order valence-electron chi connectivity index (χ2n) is 8.32. The molecule has 136 valence electrons. The summed E-state index contributed by atoms with van der Waals surface area (Å²) >= 11 is 0. The number of fused-ring (bicyclic) bond motifs is 3. The van der Waals surface area contributed by atoms with Crippen molar-refractivity contribution >= 4 is 22.4 Å². The van der Waals surface area contributed by atoms with Crippen LogP contribution in [0, 0.1) is 16.7 Å². The highest BCUT2D eigenvalue weighted by atomic mass is 16.2. The minimum atomic E-state index is -0.381. The zero-order valence-electron chi connectivity index (χ0n) is 15.7. The number of carbonyl (C=O) groups is 1. The van der Waals surface area contributed by atoms with E-state index >= 15 is 0 Å². The van der Waals surface area contributed by atoms with Crippen LogP contribution in [0.3, 0.4) is 0 Å². The van der Waals surface area contributed by atoms with Crippen molar-refractivity contribution in [3.05, 3.63) is 40.3 Å². The van der Waals surface area contributed by atoms with E-state index < -0.39 is 0 Å². The largest absolute Gasteiger partial charge is 0.292 e. The average molecular weight is 352 g/mol. The summed E-state index contributed by atoms with van der Waals surface area (Å²) < 4.78 is 1.20. The lowest BCUT2D eigenvalue weighted by atomic mass is 9.70. The molecule has 0 radical (unpaired) electrons. The van der Waals surface area contributed by atoms with Crippen molar-refractivity contribution in [3.8, 4) is 0 Å². The molecule has 6 nitrogen and oxygen atoms in total. The van der Waals surface area contributed by atoms with Gasteiger partial charge in [-0.2, -0.15) is 10.2 Å². The van der Waals surface area contributed by atoms with E-state index in [1.54, 1.807) is 31.3 Å². The van der Waals surface area contributed by atoms with Crippen molar-refractivity contribution < 1.29 is 4.79 Å². The standard InChI is InChI=1S/C20H24N4O2/c1-19(2)12-9-10-20(19,3)15(11-12)21-22-17(25)16-13-7-5-6-8-14(13)18(26)24(4)23-16/h5-8,12H,9-11H2,1-4H3,(H,22,25)/b21-15-/t12-,20-/m0/s1. The van der Waals surface area contributed by atoms with Crippen LogP contribution >= 0.6 is 0 Å². The van der Waals surface area contributed by atoms with Crippen molar-refractivity contribution in [1.29, 1.82) is 0 Å². The minimum absolute atomic E-state index is 0.0317. The molecule has 0 unspecified atom stereocenters. The van der Waals surface area contributed by atoms with Gasteiger partial charge in [-0.3, -0.25) is 9.59 Å². The lowest BCUT2D eigenvalue weighted by molar-refractivity contribution is 0.0948. The molecule has 2 aliphatic rings. The SMILES string of the molecule is Cn1nc(C(=O)N/N=C2/C[C@@H]3CC[C@]2(C)C3(C)C)c2ccccc2c1=O. The van der Waals surface area contributed by atoms with Crippen LogP contribution in [0.25, 0.3) is 10.8 Å². The molecule has 2 saturated carbocycles. The van der Waals surface area contributed by atoms with E-state index in [4.69, 9.17) is 0 Å². The van der Waals surface area contributed by atoms with Crippen molar-refractivity contribution in [2.75, 3.05) is 0 Å². The third-order valence-corrected chi connectivity index (χ3v) is 6.98. The number of carbonyl (C=O) groups excluding carboxylic acids is 1. The summed E-state index contributed by atoms with van der Waals surface area (Å²) in [5, 5.41) is 9.69. The van der Waals surface area contributed by atoms with Gasteiger partial charge in [-0.05, 0) is 36.7 Å². The molecule has 0 aliphatic heterocycles. The Morgan fingerprint density at radius 1 is 1.27 bits per heavy atom. The lowest BCUT2D eigenvalue weighted by Gasteiger charge is -2.34. The lowest BCUT2D eigenvalue weighted by Crippen LogP contribution is -2.34. The molecule has 2 aromatic rings. The molecule has 1 heterocycles. The third kappa shape index (κ3) is 2.17. The Hall–Kier alpha value is -2.50. The van der Waals surface area contributed by atoms with Crippen molar-refractivity contribution in [2.24, 2.45) is 28.9 Å². The maximum Gasteiger partial charge on any atom is 0.292 e. The zero-order chi connectivity index (χ0) is 18.7. The van der Waals surface area contributed by atoms with Gasteiger partial charge >= 0.3 is 0 Å². The van der Waals surface area contributed by atoms with E-state index in [1.807, 2.05) is 0 Å². The van der Waals surface area contributed by atoms with E-state index in [0.717, 1.165) is 18.6 Å². The van der Waals surface area contributed by atoms with Crippen LogP contribution in [0.5, 0.6) is 0 Å². The molecule has 0 spiro atoms. The van der Waals surface area contributed by atoms with Gasteiger partial charge in [-0.15, -0.1) is 0 Å². The molecule has 1 aromatic carbocycles. The summed E-state index contributed by atoms with van der Waals surface area (Å²) in [6, 6.07) is 7.03. The first-order chi connectivity index (χ1) is 12.3.